The van der Waals surface area contributed by atoms with Gasteiger partial charge in [-0.1, -0.05) is 5.16 Å². The molecule has 2 fully saturated rings. The maximum absolute atomic E-state index is 5.44. The van der Waals surface area contributed by atoms with Gasteiger partial charge in [0.1, 0.15) is 12.1 Å². The molecule has 1 aliphatic carbocycles. The standard InChI is InChI=1S/C19H25N7O/c1-19(2,3)26-17-14(10-22-26)16(20-11-21-17)25-8-6-12(7-9-25)15-23-18(27-24-15)13-4-5-13/h10-13H,4-9H2,1-3H3. The van der Waals surface area contributed by atoms with Crippen molar-refractivity contribution >= 4 is 16.9 Å². The Balaban J connectivity index is 1.35. The van der Waals surface area contributed by atoms with Gasteiger partial charge in [0.05, 0.1) is 17.1 Å². The van der Waals surface area contributed by atoms with Crippen LogP contribution in [0, 0.1) is 0 Å². The van der Waals surface area contributed by atoms with Crippen molar-refractivity contribution in [1.82, 2.24) is 29.9 Å². The summed E-state index contributed by atoms with van der Waals surface area (Å²) in [7, 11) is 0. The SMILES string of the molecule is CC(C)(C)n1ncc2c(N3CCC(c4noc(C5CC5)n4)CC3)ncnc21. The minimum absolute atomic E-state index is 0.113. The van der Waals surface area contributed by atoms with Crippen LogP contribution < -0.4 is 4.90 Å². The summed E-state index contributed by atoms with van der Waals surface area (Å²) in [5.74, 6) is 3.57. The minimum atomic E-state index is -0.113. The first kappa shape index (κ1) is 16.6. The molecule has 8 nitrogen and oxygen atoms in total. The van der Waals surface area contributed by atoms with Gasteiger partial charge in [0.25, 0.3) is 0 Å². The number of hydrogen-bond acceptors (Lipinski definition) is 7. The van der Waals surface area contributed by atoms with Crippen LogP contribution in [0.4, 0.5) is 5.82 Å². The van der Waals surface area contributed by atoms with E-state index in [-0.39, 0.29) is 5.54 Å². The molecule has 0 amide bonds. The van der Waals surface area contributed by atoms with Crippen molar-refractivity contribution in [1.29, 1.82) is 0 Å². The van der Waals surface area contributed by atoms with Gasteiger partial charge in [0, 0.05) is 24.9 Å². The lowest BCUT2D eigenvalue weighted by Gasteiger charge is -2.31. The van der Waals surface area contributed by atoms with Crippen LogP contribution in [0.2, 0.25) is 0 Å². The van der Waals surface area contributed by atoms with Crippen LogP contribution in [0.5, 0.6) is 0 Å². The normalized spacial score (nSPS) is 19.1. The Bertz CT molecular complexity index is 958. The molecular formula is C19H25N7O. The Morgan fingerprint density at radius 3 is 2.52 bits per heavy atom. The number of hydrogen-bond donors (Lipinski definition) is 0. The summed E-state index contributed by atoms with van der Waals surface area (Å²) in [4.78, 5) is 16.0. The quantitative estimate of drug-likeness (QED) is 0.702. The first-order chi connectivity index (χ1) is 13.0. The molecule has 3 aromatic rings. The van der Waals surface area contributed by atoms with E-state index in [4.69, 9.17) is 4.52 Å². The van der Waals surface area contributed by atoms with Crippen LogP contribution >= 0.6 is 0 Å². The Labute approximate surface area is 158 Å². The summed E-state index contributed by atoms with van der Waals surface area (Å²) >= 11 is 0. The molecule has 1 aliphatic heterocycles. The zero-order valence-corrected chi connectivity index (χ0v) is 16.1. The zero-order valence-electron chi connectivity index (χ0n) is 16.1. The molecule has 0 bridgehead atoms. The number of aromatic nitrogens is 6. The third kappa shape index (κ3) is 2.96. The number of anilines is 1. The third-order valence-corrected chi connectivity index (χ3v) is 5.52. The molecule has 8 heteroatoms. The molecule has 0 N–H and O–H groups in total. The van der Waals surface area contributed by atoms with Gasteiger partial charge in [-0.3, -0.25) is 0 Å². The average molecular weight is 367 g/mol. The Morgan fingerprint density at radius 1 is 1.04 bits per heavy atom. The van der Waals surface area contributed by atoms with E-state index in [1.165, 1.54) is 12.8 Å². The Kier molecular flexibility index (Phi) is 3.70. The first-order valence-electron chi connectivity index (χ1n) is 9.78. The van der Waals surface area contributed by atoms with E-state index in [1.807, 2.05) is 10.9 Å². The highest BCUT2D eigenvalue weighted by Crippen LogP contribution is 2.40. The molecule has 2 aliphatic rings. The highest BCUT2D eigenvalue weighted by Gasteiger charge is 2.32. The summed E-state index contributed by atoms with van der Waals surface area (Å²) in [6, 6.07) is 0. The Morgan fingerprint density at radius 2 is 1.81 bits per heavy atom. The van der Waals surface area contributed by atoms with Gasteiger partial charge in [0.15, 0.2) is 11.5 Å². The molecule has 5 rings (SSSR count). The number of nitrogens with zero attached hydrogens (tertiary/aromatic N) is 7. The van der Waals surface area contributed by atoms with Crippen molar-refractivity contribution in [3.8, 4) is 0 Å². The van der Waals surface area contributed by atoms with E-state index < -0.39 is 0 Å². The van der Waals surface area contributed by atoms with Crippen molar-refractivity contribution in [2.45, 2.75) is 63.8 Å². The fourth-order valence-corrected chi connectivity index (χ4v) is 3.83. The Hall–Kier alpha value is -2.51. The number of fused-ring (bicyclic) bond motifs is 1. The largest absolute Gasteiger partial charge is 0.356 e. The number of rotatable bonds is 3. The van der Waals surface area contributed by atoms with Crippen LogP contribution in [0.15, 0.2) is 17.0 Å². The first-order valence-corrected chi connectivity index (χ1v) is 9.78. The molecule has 0 spiro atoms. The predicted octanol–water partition coefficient (Wildman–Crippen LogP) is 3.23. The monoisotopic (exact) mass is 367 g/mol. The van der Waals surface area contributed by atoms with Crippen molar-refractivity contribution < 1.29 is 4.52 Å². The van der Waals surface area contributed by atoms with Crippen molar-refractivity contribution in [2.24, 2.45) is 0 Å². The lowest BCUT2D eigenvalue weighted by Crippen LogP contribution is -2.34. The summed E-state index contributed by atoms with van der Waals surface area (Å²) in [5.41, 5.74) is 0.778. The van der Waals surface area contributed by atoms with Crippen LogP contribution in [-0.2, 0) is 5.54 Å². The number of piperidine rings is 1. The van der Waals surface area contributed by atoms with Crippen LogP contribution in [0.1, 0.15) is 70.0 Å². The summed E-state index contributed by atoms with van der Waals surface area (Å²) in [5, 5.41) is 9.82. The molecule has 0 unspecified atom stereocenters. The second-order valence-electron chi connectivity index (χ2n) is 8.69. The summed E-state index contributed by atoms with van der Waals surface area (Å²) < 4.78 is 7.41. The fraction of sp³-hybridized carbons (Fsp3) is 0.632. The molecule has 0 atom stereocenters. The molecule has 0 radical (unpaired) electrons. The molecule has 1 saturated carbocycles. The van der Waals surface area contributed by atoms with E-state index >= 15 is 0 Å². The van der Waals surface area contributed by atoms with Gasteiger partial charge in [0.2, 0.25) is 5.89 Å². The van der Waals surface area contributed by atoms with E-state index in [0.717, 1.165) is 54.5 Å². The van der Waals surface area contributed by atoms with Crippen molar-refractivity contribution in [3.05, 3.63) is 24.2 Å². The highest BCUT2D eigenvalue weighted by atomic mass is 16.5. The van der Waals surface area contributed by atoms with E-state index in [2.05, 4.69) is 50.9 Å². The van der Waals surface area contributed by atoms with Crippen LogP contribution in [0.3, 0.4) is 0 Å². The van der Waals surface area contributed by atoms with E-state index in [0.29, 0.717) is 11.8 Å². The maximum atomic E-state index is 5.44. The molecule has 4 heterocycles. The summed E-state index contributed by atoms with van der Waals surface area (Å²) in [6.45, 7) is 8.24. The second-order valence-corrected chi connectivity index (χ2v) is 8.69. The lowest BCUT2D eigenvalue weighted by atomic mass is 9.96. The smallest absolute Gasteiger partial charge is 0.229 e. The maximum Gasteiger partial charge on any atom is 0.229 e. The van der Waals surface area contributed by atoms with Gasteiger partial charge in [-0.25, -0.2) is 14.6 Å². The van der Waals surface area contributed by atoms with Gasteiger partial charge < -0.3 is 9.42 Å². The molecule has 142 valence electrons. The molecular weight excluding hydrogens is 342 g/mol. The lowest BCUT2D eigenvalue weighted by molar-refractivity contribution is 0.364. The van der Waals surface area contributed by atoms with Crippen molar-refractivity contribution in [2.75, 3.05) is 18.0 Å². The fourth-order valence-electron chi connectivity index (χ4n) is 3.83. The van der Waals surface area contributed by atoms with Crippen LogP contribution in [0.25, 0.3) is 11.0 Å². The predicted molar refractivity (Wildman–Crippen MR) is 101 cm³/mol. The zero-order chi connectivity index (χ0) is 18.6. The molecule has 27 heavy (non-hydrogen) atoms. The van der Waals surface area contributed by atoms with E-state index in [1.54, 1.807) is 6.33 Å². The van der Waals surface area contributed by atoms with Crippen molar-refractivity contribution in [3.63, 3.8) is 0 Å². The summed E-state index contributed by atoms with van der Waals surface area (Å²) in [6.07, 6.45) is 7.92. The minimum Gasteiger partial charge on any atom is -0.356 e. The van der Waals surface area contributed by atoms with E-state index in [9.17, 15) is 0 Å². The second kappa shape index (κ2) is 6.00. The average Bonchev–Trinajstić information content (AvgIpc) is 3.21. The molecule has 3 aromatic heterocycles. The van der Waals surface area contributed by atoms with Crippen LogP contribution in [-0.4, -0.2) is 43.0 Å². The van der Waals surface area contributed by atoms with Gasteiger partial charge in [-0.05, 0) is 46.5 Å². The van der Waals surface area contributed by atoms with Gasteiger partial charge >= 0.3 is 0 Å². The topological polar surface area (TPSA) is 85.8 Å². The highest BCUT2D eigenvalue weighted by molar-refractivity contribution is 5.86. The molecule has 0 aromatic carbocycles. The van der Waals surface area contributed by atoms with Gasteiger partial charge in [-0.15, -0.1) is 0 Å². The molecule has 1 saturated heterocycles. The third-order valence-electron chi connectivity index (χ3n) is 5.52. The van der Waals surface area contributed by atoms with Gasteiger partial charge in [-0.2, -0.15) is 10.1 Å².